The maximum atomic E-state index is 11.7. The predicted molar refractivity (Wildman–Crippen MR) is 74.7 cm³/mol. The number of hydrogen-bond acceptors (Lipinski definition) is 3. The molecule has 0 spiro atoms. The van der Waals surface area contributed by atoms with Crippen LogP contribution in [0.2, 0.25) is 0 Å². The SMILES string of the molecule is CC(C)(C)c1ccc(OCC2CC2)c(S(N)(=O)=O)c1. The van der Waals surface area contributed by atoms with E-state index >= 15 is 0 Å². The molecule has 4 nitrogen and oxygen atoms in total. The lowest BCUT2D eigenvalue weighted by Crippen LogP contribution is -2.17. The van der Waals surface area contributed by atoms with Gasteiger partial charge in [-0.2, -0.15) is 0 Å². The van der Waals surface area contributed by atoms with Crippen molar-refractivity contribution >= 4 is 10.0 Å². The summed E-state index contributed by atoms with van der Waals surface area (Å²) in [5.74, 6) is 0.929. The van der Waals surface area contributed by atoms with Gasteiger partial charge in [-0.15, -0.1) is 0 Å². The van der Waals surface area contributed by atoms with E-state index in [4.69, 9.17) is 9.88 Å². The predicted octanol–water partition coefficient (Wildman–Crippen LogP) is 2.42. The fourth-order valence-electron chi connectivity index (χ4n) is 1.81. The molecular formula is C14H21NO3S. The largest absolute Gasteiger partial charge is 0.492 e. The van der Waals surface area contributed by atoms with Crippen molar-refractivity contribution in [2.24, 2.45) is 11.1 Å². The lowest BCUT2D eigenvalue weighted by atomic mass is 9.87. The Bertz CT molecular complexity index is 569. The van der Waals surface area contributed by atoms with Gasteiger partial charge >= 0.3 is 0 Å². The molecule has 0 unspecified atom stereocenters. The summed E-state index contributed by atoms with van der Waals surface area (Å²) in [5.41, 5.74) is 0.796. The highest BCUT2D eigenvalue weighted by Gasteiger charge is 2.25. The van der Waals surface area contributed by atoms with E-state index in [0.29, 0.717) is 18.3 Å². The van der Waals surface area contributed by atoms with E-state index in [2.05, 4.69) is 0 Å². The lowest BCUT2D eigenvalue weighted by Gasteiger charge is -2.21. The minimum Gasteiger partial charge on any atom is -0.492 e. The molecule has 1 aliphatic rings. The van der Waals surface area contributed by atoms with Gasteiger partial charge in [0.05, 0.1) is 6.61 Å². The van der Waals surface area contributed by atoms with E-state index in [1.807, 2.05) is 26.8 Å². The van der Waals surface area contributed by atoms with Crippen molar-refractivity contribution in [2.75, 3.05) is 6.61 Å². The topological polar surface area (TPSA) is 69.4 Å². The highest BCUT2D eigenvalue weighted by Crippen LogP contribution is 2.33. The van der Waals surface area contributed by atoms with Crippen molar-refractivity contribution < 1.29 is 13.2 Å². The first-order valence-electron chi connectivity index (χ1n) is 6.48. The van der Waals surface area contributed by atoms with Gasteiger partial charge in [0, 0.05) is 0 Å². The van der Waals surface area contributed by atoms with Crippen LogP contribution in [0, 0.1) is 5.92 Å². The highest BCUT2D eigenvalue weighted by atomic mass is 32.2. The van der Waals surface area contributed by atoms with Crippen LogP contribution in [0.25, 0.3) is 0 Å². The summed E-state index contributed by atoms with van der Waals surface area (Å²) >= 11 is 0. The average Bonchev–Trinajstić information content (AvgIpc) is 3.07. The van der Waals surface area contributed by atoms with E-state index < -0.39 is 10.0 Å². The van der Waals surface area contributed by atoms with Gasteiger partial charge in [-0.05, 0) is 41.9 Å². The van der Waals surface area contributed by atoms with Crippen LogP contribution < -0.4 is 9.88 Å². The highest BCUT2D eigenvalue weighted by molar-refractivity contribution is 7.89. The van der Waals surface area contributed by atoms with Crippen molar-refractivity contribution in [1.29, 1.82) is 0 Å². The molecule has 1 aromatic carbocycles. The average molecular weight is 283 g/mol. The van der Waals surface area contributed by atoms with Gasteiger partial charge in [0.25, 0.3) is 0 Å². The lowest BCUT2D eigenvalue weighted by molar-refractivity contribution is 0.292. The number of sulfonamides is 1. The molecule has 0 aliphatic heterocycles. The monoisotopic (exact) mass is 283 g/mol. The van der Waals surface area contributed by atoms with Crippen molar-refractivity contribution in [3.63, 3.8) is 0 Å². The molecule has 0 heterocycles. The molecule has 2 N–H and O–H groups in total. The molecule has 0 saturated heterocycles. The minimum atomic E-state index is -3.77. The maximum absolute atomic E-state index is 11.7. The number of rotatable bonds is 4. The second kappa shape index (κ2) is 4.80. The van der Waals surface area contributed by atoms with Crippen molar-refractivity contribution in [2.45, 2.75) is 43.9 Å². The molecule has 1 aromatic rings. The van der Waals surface area contributed by atoms with E-state index in [0.717, 1.165) is 18.4 Å². The Kier molecular flexibility index (Phi) is 3.62. The van der Waals surface area contributed by atoms with E-state index in [-0.39, 0.29) is 10.3 Å². The van der Waals surface area contributed by atoms with E-state index in [9.17, 15) is 8.42 Å². The Balaban J connectivity index is 2.36. The fourth-order valence-corrected chi connectivity index (χ4v) is 2.51. The molecule has 1 aliphatic carbocycles. The third-order valence-corrected chi connectivity index (χ3v) is 4.22. The molecule has 0 radical (unpaired) electrons. The maximum Gasteiger partial charge on any atom is 0.241 e. The van der Waals surface area contributed by atoms with Gasteiger partial charge in [-0.3, -0.25) is 0 Å². The second-order valence-electron chi connectivity index (χ2n) is 6.21. The van der Waals surface area contributed by atoms with Crippen LogP contribution in [-0.2, 0) is 15.4 Å². The zero-order valence-electron chi connectivity index (χ0n) is 11.6. The Morgan fingerprint density at radius 3 is 2.42 bits per heavy atom. The van der Waals surface area contributed by atoms with Gasteiger partial charge in [0.2, 0.25) is 10.0 Å². The summed E-state index contributed by atoms with van der Waals surface area (Å²) in [4.78, 5) is 0.0839. The van der Waals surface area contributed by atoms with Gasteiger partial charge in [0.1, 0.15) is 10.6 Å². The van der Waals surface area contributed by atoms with E-state index in [1.54, 1.807) is 12.1 Å². The molecule has 0 bridgehead atoms. The van der Waals surface area contributed by atoms with Crippen LogP contribution in [0.5, 0.6) is 5.75 Å². The van der Waals surface area contributed by atoms with Crippen molar-refractivity contribution in [3.05, 3.63) is 23.8 Å². The van der Waals surface area contributed by atoms with Gasteiger partial charge in [0.15, 0.2) is 0 Å². The number of benzene rings is 1. The van der Waals surface area contributed by atoms with Crippen LogP contribution in [0.4, 0.5) is 0 Å². The summed E-state index contributed by atoms with van der Waals surface area (Å²) in [6, 6.07) is 5.23. The molecule has 106 valence electrons. The van der Waals surface area contributed by atoms with Crippen molar-refractivity contribution in [1.82, 2.24) is 0 Å². The first kappa shape index (κ1) is 14.3. The number of ether oxygens (including phenoxy) is 1. The first-order chi connectivity index (χ1) is 8.68. The van der Waals surface area contributed by atoms with Crippen LogP contribution in [0.3, 0.4) is 0 Å². The zero-order chi connectivity index (χ0) is 14.3. The normalized spacial score (nSPS) is 16.4. The van der Waals surface area contributed by atoms with Crippen LogP contribution in [-0.4, -0.2) is 15.0 Å². The number of hydrogen-bond donors (Lipinski definition) is 1. The van der Waals surface area contributed by atoms with Gasteiger partial charge in [-0.1, -0.05) is 26.8 Å². The quantitative estimate of drug-likeness (QED) is 0.922. The summed E-state index contributed by atoms with van der Waals surface area (Å²) in [5, 5.41) is 5.28. The summed E-state index contributed by atoms with van der Waals surface area (Å²) in [6.07, 6.45) is 2.32. The van der Waals surface area contributed by atoms with E-state index in [1.165, 1.54) is 0 Å². The van der Waals surface area contributed by atoms with Crippen LogP contribution in [0.1, 0.15) is 39.2 Å². The Morgan fingerprint density at radius 1 is 1.32 bits per heavy atom. The molecule has 0 atom stereocenters. The number of nitrogens with two attached hydrogens (primary N) is 1. The molecule has 0 aromatic heterocycles. The standard InChI is InChI=1S/C14H21NO3S/c1-14(2,3)11-6-7-12(18-9-10-4-5-10)13(8-11)19(15,16)17/h6-8,10H,4-5,9H2,1-3H3,(H2,15,16,17). The second-order valence-corrected chi connectivity index (χ2v) is 7.74. The third kappa shape index (κ3) is 3.70. The minimum absolute atomic E-state index is 0.0839. The summed E-state index contributed by atoms with van der Waals surface area (Å²) < 4.78 is 29.0. The number of primary sulfonamides is 1. The van der Waals surface area contributed by atoms with Gasteiger partial charge < -0.3 is 4.74 Å². The molecule has 0 amide bonds. The molecule has 1 fully saturated rings. The zero-order valence-corrected chi connectivity index (χ0v) is 12.5. The Morgan fingerprint density at radius 2 is 1.95 bits per heavy atom. The summed E-state index contributed by atoms with van der Waals surface area (Å²) in [6.45, 7) is 6.65. The molecule has 1 saturated carbocycles. The van der Waals surface area contributed by atoms with Crippen LogP contribution in [0.15, 0.2) is 23.1 Å². The molecule has 5 heteroatoms. The van der Waals surface area contributed by atoms with Crippen molar-refractivity contribution in [3.8, 4) is 5.75 Å². The molecule has 2 rings (SSSR count). The summed E-state index contributed by atoms with van der Waals surface area (Å²) in [7, 11) is -3.77. The third-order valence-electron chi connectivity index (χ3n) is 3.29. The van der Waals surface area contributed by atoms with Gasteiger partial charge in [-0.25, -0.2) is 13.6 Å². The Hall–Kier alpha value is -1.07. The smallest absolute Gasteiger partial charge is 0.241 e. The molecule has 19 heavy (non-hydrogen) atoms. The first-order valence-corrected chi connectivity index (χ1v) is 8.03. The molecular weight excluding hydrogens is 262 g/mol. The van der Waals surface area contributed by atoms with Crippen LogP contribution >= 0.6 is 0 Å². The fraction of sp³-hybridized carbons (Fsp3) is 0.571. The Labute approximate surface area is 115 Å².